The van der Waals surface area contributed by atoms with Gasteiger partial charge in [-0.25, -0.2) is 14.7 Å². The van der Waals surface area contributed by atoms with Crippen molar-refractivity contribution in [1.29, 1.82) is 0 Å². The number of nitrogens with zero attached hydrogens (tertiary/aromatic N) is 4. The zero-order valence-corrected chi connectivity index (χ0v) is 15.6. The second-order valence-corrected chi connectivity index (χ2v) is 7.70. The van der Waals surface area contributed by atoms with Gasteiger partial charge in [-0.3, -0.25) is 4.79 Å². The van der Waals surface area contributed by atoms with Crippen LogP contribution in [0, 0.1) is 0 Å². The van der Waals surface area contributed by atoms with Crippen LogP contribution in [0.1, 0.15) is 19.7 Å². The molecule has 2 heterocycles. The van der Waals surface area contributed by atoms with Gasteiger partial charge in [-0.2, -0.15) is 13.2 Å². The number of alkyl halides is 3. The third-order valence-electron chi connectivity index (χ3n) is 4.37. The Labute approximate surface area is 158 Å². The molecule has 1 saturated heterocycles. The smallest absolute Gasteiger partial charge is 0.337 e. The summed E-state index contributed by atoms with van der Waals surface area (Å²) < 4.78 is 39.1. The monoisotopic (exact) mass is 398 g/mol. The predicted octanol–water partition coefficient (Wildman–Crippen LogP) is 3.78. The van der Waals surface area contributed by atoms with E-state index in [1.807, 2.05) is 0 Å². The van der Waals surface area contributed by atoms with E-state index in [1.165, 1.54) is 29.2 Å². The Morgan fingerprint density at radius 2 is 1.78 bits per heavy atom. The third-order valence-corrected chi connectivity index (χ3v) is 5.11. The molecule has 3 rings (SSSR count). The molecule has 0 spiro atoms. The van der Waals surface area contributed by atoms with E-state index in [-0.39, 0.29) is 28.9 Å². The maximum atomic E-state index is 12.9. The molecule has 27 heavy (non-hydrogen) atoms. The molecule has 1 aliphatic heterocycles. The standard InChI is InChI=1S/C17H17F3N4O2S/c1-16(2)14(25)24(11-4-6-12(7-5-11)27-17(18,19)20)15(26)23(16)10-13-21-8-9-22(13)3/h4-9H,10H2,1-3H3. The van der Waals surface area contributed by atoms with Crippen molar-refractivity contribution in [3.8, 4) is 0 Å². The molecule has 1 aromatic carbocycles. The van der Waals surface area contributed by atoms with Gasteiger partial charge in [-0.15, -0.1) is 0 Å². The van der Waals surface area contributed by atoms with Crippen molar-refractivity contribution in [2.45, 2.75) is 36.3 Å². The molecule has 10 heteroatoms. The number of aryl methyl sites for hydroxylation is 1. The number of carbonyl (C=O) groups excluding carboxylic acids is 2. The summed E-state index contributed by atoms with van der Waals surface area (Å²) in [5.41, 5.74) is -5.28. The number of carbonyl (C=O) groups is 2. The van der Waals surface area contributed by atoms with Gasteiger partial charge in [0.05, 0.1) is 12.2 Å². The number of hydrogen-bond acceptors (Lipinski definition) is 4. The molecule has 144 valence electrons. The van der Waals surface area contributed by atoms with Crippen LogP contribution < -0.4 is 4.90 Å². The van der Waals surface area contributed by atoms with Crippen LogP contribution in [0.5, 0.6) is 0 Å². The molecule has 0 saturated carbocycles. The Hall–Kier alpha value is -2.49. The minimum absolute atomic E-state index is 0.0190. The lowest BCUT2D eigenvalue weighted by Crippen LogP contribution is -2.44. The lowest BCUT2D eigenvalue weighted by Gasteiger charge is -2.27. The highest BCUT2D eigenvalue weighted by Gasteiger charge is 2.52. The van der Waals surface area contributed by atoms with E-state index in [9.17, 15) is 22.8 Å². The number of aromatic nitrogens is 2. The number of urea groups is 1. The van der Waals surface area contributed by atoms with Gasteiger partial charge >= 0.3 is 11.5 Å². The number of imidazole rings is 1. The molecule has 1 aliphatic rings. The Kier molecular flexibility index (Phi) is 4.71. The number of thioether (sulfide) groups is 1. The van der Waals surface area contributed by atoms with E-state index >= 15 is 0 Å². The van der Waals surface area contributed by atoms with Crippen LogP contribution in [0.2, 0.25) is 0 Å². The van der Waals surface area contributed by atoms with Crippen LogP contribution >= 0.6 is 11.8 Å². The second kappa shape index (κ2) is 6.59. The van der Waals surface area contributed by atoms with Gasteiger partial charge in [-0.1, -0.05) is 0 Å². The maximum Gasteiger partial charge on any atom is 0.446 e. The molecular weight excluding hydrogens is 381 g/mol. The van der Waals surface area contributed by atoms with Crippen molar-refractivity contribution in [3.63, 3.8) is 0 Å². The third kappa shape index (κ3) is 3.66. The van der Waals surface area contributed by atoms with E-state index in [4.69, 9.17) is 0 Å². The fourth-order valence-electron chi connectivity index (χ4n) is 2.82. The summed E-state index contributed by atoms with van der Waals surface area (Å²) in [5, 5.41) is 0. The van der Waals surface area contributed by atoms with Gasteiger partial charge < -0.3 is 9.47 Å². The number of imide groups is 1. The highest BCUT2D eigenvalue weighted by molar-refractivity contribution is 8.00. The summed E-state index contributed by atoms with van der Waals surface area (Å²) in [6, 6.07) is 4.61. The molecule has 6 nitrogen and oxygen atoms in total. The fourth-order valence-corrected chi connectivity index (χ4v) is 3.36. The van der Waals surface area contributed by atoms with Crippen LogP contribution in [0.4, 0.5) is 23.7 Å². The first-order chi connectivity index (χ1) is 12.5. The average Bonchev–Trinajstić information content (AvgIpc) is 3.03. The van der Waals surface area contributed by atoms with E-state index in [0.717, 1.165) is 4.90 Å². The van der Waals surface area contributed by atoms with Crippen molar-refractivity contribution in [2.75, 3.05) is 4.90 Å². The predicted molar refractivity (Wildman–Crippen MR) is 94.1 cm³/mol. The Morgan fingerprint density at radius 1 is 1.15 bits per heavy atom. The summed E-state index contributed by atoms with van der Waals surface area (Å²) in [5.74, 6) is 0.168. The van der Waals surface area contributed by atoms with Gasteiger partial charge in [0.1, 0.15) is 11.4 Å². The molecule has 0 atom stereocenters. The van der Waals surface area contributed by atoms with Crippen molar-refractivity contribution < 1.29 is 22.8 Å². The molecule has 0 aliphatic carbocycles. The van der Waals surface area contributed by atoms with Crippen molar-refractivity contribution in [1.82, 2.24) is 14.5 Å². The zero-order chi connectivity index (χ0) is 20.0. The quantitative estimate of drug-likeness (QED) is 0.581. The first-order valence-electron chi connectivity index (χ1n) is 7.99. The van der Waals surface area contributed by atoms with Gasteiger partial charge in [-0.05, 0) is 49.9 Å². The van der Waals surface area contributed by atoms with Crippen LogP contribution in [0.3, 0.4) is 0 Å². The summed E-state index contributed by atoms with van der Waals surface area (Å²) in [6.07, 6.45) is 3.33. The van der Waals surface area contributed by atoms with E-state index in [2.05, 4.69) is 4.98 Å². The number of amides is 3. The number of halogens is 3. The molecule has 3 amide bonds. The van der Waals surface area contributed by atoms with E-state index in [1.54, 1.807) is 37.9 Å². The number of benzene rings is 1. The number of hydrogen-bond donors (Lipinski definition) is 0. The topological polar surface area (TPSA) is 58.4 Å². The molecular formula is C17H17F3N4O2S. The van der Waals surface area contributed by atoms with Crippen molar-refractivity contribution in [3.05, 3.63) is 42.5 Å². The first-order valence-corrected chi connectivity index (χ1v) is 8.80. The second-order valence-electron chi connectivity index (χ2n) is 6.56. The van der Waals surface area contributed by atoms with E-state index in [0.29, 0.717) is 5.82 Å². The normalized spacial score (nSPS) is 17.1. The lowest BCUT2D eigenvalue weighted by atomic mass is 10.0. The largest absolute Gasteiger partial charge is 0.446 e. The molecule has 0 N–H and O–H groups in total. The van der Waals surface area contributed by atoms with Crippen LogP contribution in [0.15, 0.2) is 41.6 Å². The summed E-state index contributed by atoms with van der Waals surface area (Å²) in [7, 11) is 1.78. The Balaban J connectivity index is 1.87. The molecule has 1 fully saturated rings. The number of rotatable bonds is 4. The lowest BCUT2D eigenvalue weighted by molar-refractivity contribution is -0.123. The fraction of sp³-hybridized carbons (Fsp3) is 0.353. The molecule has 1 aromatic heterocycles. The Morgan fingerprint density at radius 3 is 2.30 bits per heavy atom. The highest BCUT2D eigenvalue weighted by atomic mass is 32.2. The highest BCUT2D eigenvalue weighted by Crippen LogP contribution is 2.38. The average molecular weight is 398 g/mol. The molecule has 0 radical (unpaired) electrons. The van der Waals surface area contributed by atoms with Crippen LogP contribution in [0.25, 0.3) is 0 Å². The number of anilines is 1. The van der Waals surface area contributed by atoms with Crippen LogP contribution in [-0.4, -0.2) is 37.4 Å². The van der Waals surface area contributed by atoms with E-state index < -0.39 is 23.0 Å². The SMILES string of the molecule is Cn1ccnc1CN1C(=O)N(c2ccc(SC(F)(F)F)cc2)C(=O)C1(C)C. The van der Waals surface area contributed by atoms with Crippen LogP contribution in [-0.2, 0) is 18.4 Å². The minimum atomic E-state index is -4.40. The summed E-state index contributed by atoms with van der Waals surface area (Å²) >= 11 is -0.252. The maximum absolute atomic E-state index is 12.9. The molecule has 0 unspecified atom stereocenters. The van der Waals surface area contributed by atoms with Crippen molar-refractivity contribution in [2.24, 2.45) is 7.05 Å². The molecule has 0 bridgehead atoms. The minimum Gasteiger partial charge on any atom is -0.337 e. The van der Waals surface area contributed by atoms with Crippen molar-refractivity contribution >= 4 is 29.4 Å². The van der Waals surface area contributed by atoms with Gasteiger partial charge in [0.2, 0.25) is 0 Å². The summed E-state index contributed by atoms with van der Waals surface area (Å²) in [4.78, 5) is 32.3. The zero-order valence-electron chi connectivity index (χ0n) is 14.8. The van der Waals surface area contributed by atoms with Gasteiger partial charge in [0.15, 0.2) is 0 Å². The molecule has 2 aromatic rings. The summed E-state index contributed by atoms with van der Waals surface area (Å²) in [6.45, 7) is 3.40. The Bertz CT molecular complexity index is 877. The first kappa shape index (κ1) is 19.3. The van der Waals surface area contributed by atoms with Gasteiger partial charge in [0.25, 0.3) is 5.91 Å². The van der Waals surface area contributed by atoms with Gasteiger partial charge in [0, 0.05) is 24.3 Å².